The molecule has 16 heavy (non-hydrogen) atoms. The van der Waals surface area contributed by atoms with Crippen molar-refractivity contribution in [3.05, 3.63) is 35.4 Å². The van der Waals surface area contributed by atoms with Gasteiger partial charge in [-0.25, -0.2) is 8.78 Å². The fourth-order valence-corrected chi connectivity index (χ4v) is 2.56. The monoisotopic (exact) mass is 243 g/mol. The minimum absolute atomic E-state index is 0.0949. The van der Waals surface area contributed by atoms with E-state index in [1.165, 1.54) is 0 Å². The summed E-state index contributed by atoms with van der Waals surface area (Å²) < 4.78 is 25.9. The Hall–Kier alpha value is -0.940. The summed E-state index contributed by atoms with van der Waals surface area (Å²) in [5.41, 5.74) is 0.0949. The zero-order valence-electron chi connectivity index (χ0n) is 8.50. The summed E-state index contributed by atoms with van der Waals surface area (Å²) in [5, 5.41) is 3.04. The van der Waals surface area contributed by atoms with Gasteiger partial charge in [0, 0.05) is 29.7 Å². The molecule has 0 radical (unpaired) electrons. The lowest BCUT2D eigenvalue weighted by atomic mass is 10.0. The van der Waals surface area contributed by atoms with E-state index in [1.54, 1.807) is 11.8 Å². The Morgan fingerprint density at radius 1 is 1.31 bits per heavy atom. The largest absolute Gasteiger partial charge is 0.306 e. The van der Waals surface area contributed by atoms with E-state index in [4.69, 9.17) is 0 Å². The lowest BCUT2D eigenvalue weighted by Crippen LogP contribution is -2.43. The first-order valence-electron chi connectivity index (χ1n) is 4.98. The Balaban J connectivity index is 2.19. The third-order valence-electron chi connectivity index (χ3n) is 2.39. The van der Waals surface area contributed by atoms with E-state index in [0.717, 1.165) is 30.5 Å². The predicted molar refractivity (Wildman–Crippen MR) is 59.8 cm³/mol. The SMILES string of the molecule is O=C(c1cc(F)cc(F)c1)C1CSCCN1. The second-order valence-electron chi connectivity index (χ2n) is 3.60. The maximum absolute atomic E-state index is 12.9. The molecule has 1 N–H and O–H groups in total. The van der Waals surface area contributed by atoms with Crippen LogP contribution in [0.2, 0.25) is 0 Å². The number of hydrogen-bond donors (Lipinski definition) is 1. The molecule has 1 fully saturated rings. The van der Waals surface area contributed by atoms with E-state index in [1.807, 2.05) is 0 Å². The summed E-state index contributed by atoms with van der Waals surface area (Å²) >= 11 is 1.66. The minimum Gasteiger partial charge on any atom is -0.306 e. The van der Waals surface area contributed by atoms with Gasteiger partial charge in [-0.15, -0.1) is 0 Å². The molecule has 0 aromatic heterocycles. The number of halogens is 2. The summed E-state index contributed by atoms with van der Waals surface area (Å²) in [5.74, 6) is -0.0673. The lowest BCUT2D eigenvalue weighted by molar-refractivity contribution is 0.0952. The van der Waals surface area contributed by atoms with Crippen molar-refractivity contribution in [1.29, 1.82) is 0 Å². The van der Waals surface area contributed by atoms with Crippen molar-refractivity contribution in [2.75, 3.05) is 18.1 Å². The topological polar surface area (TPSA) is 29.1 Å². The molecule has 1 aliphatic heterocycles. The van der Waals surface area contributed by atoms with Gasteiger partial charge in [0.25, 0.3) is 0 Å². The zero-order chi connectivity index (χ0) is 11.5. The Kier molecular flexibility index (Phi) is 3.56. The van der Waals surface area contributed by atoms with E-state index in [0.29, 0.717) is 5.75 Å². The zero-order valence-corrected chi connectivity index (χ0v) is 9.32. The Labute approximate surface area is 96.4 Å². The van der Waals surface area contributed by atoms with Crippen LogP contribution in [0.5, 0.6) is 0 Å². The van der Waals surface area contributed by atoms with Crippen molar-refractivity contribution in [3.8, 4) is 0 Å². The number of benzene rings is 1. The smallest absolute Gasteiger partial charge is 0.180 e. The van der Waals surface area contributed by atoms with E-state index in [-0.39, 0.29) is 17.4 Å². The van der Waals surface area contributed by atoms with E-state index in [9.17, 15) is 13.6 Å². The summed E-state index contributed by atoms with van der Waals surface area (Å²) in [6, 6.07) is 2.58. The first-order valence-corrected chi connectivity index (χ1v) is 6.14. The van der Waals surface area contributed by atoms with Crippen molar-refractivity contribution in [1.82, 2.24) is 5.32 Å². The van der Waals surface area contributed by atoms with Crippen LogP contribution < -0.4 is 5.32 Å². The van der Waals surface area contributed by atoms with Crippen LogP contribution in [0.3, 0.4) is 0 Å². The summed E-state index contributed by atoms with van der Waals surface area (Å²) in [7, 11) is 0. The highest BCUT2D eigenvalue weighted by atomic mass is 32.2. The van der Waals surface area contributed by atoms with Crippen molar-refractivity contribution in [2.24, 2.45) is 0 Å². The molecule has 2 rings (SSSR count). The van der Waals surface area contributed by atoms with Crippen LogP contribution in [0.1, 0.15) is 10.4 Å². The first-order chi connectivity index (χ1) is 7.66. The second-order valence-corrected chi connectivity index (χ2v) is 4.75. The van der Waals surface area contributed by atoms with Crippen LogP contribution in [0.4, 0.5) is 8.78 Å². The molecule has 1 saturated heterocycles. The van der Waals surface area contributed by atoms with Gasteiger partial charge in [0.05, 0.1) is 6.04 Å². The number of carbonyl (C=O) groups is 1. The Bertz CT molecular complexity index is 385. The van der Waals surface area contributed by atoms with Crippen molar-refractivity contribution in [2.45, 2.75) is 6.04 Å². The van der Waals surface area contributed by atoms with Crippen LogP contribution in [0, 0.1) is 11.6 Å². The highest BCUT2D eigenvalue weighted by Crippen LogP contribution is 2.15. The summed E-state index contributed by atoms with van der Waals surface area (Å²) in [6.45, 7) is 0.749. The second kappa shape index (κ2) is 4.93. The number of ketones is 1. The van der Waals surface area contributed by atoms with E-state index < -0.39 is 11.6 Å². The molecule has 5 heteroatoms. The molecule has 86 valence electrons. The summed E-state index contributed by atoms with van der Waals surface area (Å²) in [4.78, 5) is 11.9. The van der Waals surface area contributed by atoms with Crippen LogP contribution >= 0.6 is 11.8 Å². The minimum atomic E-state index is -0.716. The molecule has 1 unspecified atom stereocenters. The molecule has 0 amide bonds. The predicted octanol–water partition coefficient (Wildman–Crippen LogP) is 1.85. The van der Waals surface area contributed by atoms with Gasteiger partial charge in [-0.2, -0.15) is 11.8 Å². The van der Waals surface area contributed by atoms with Crippen LogP contribution in [-0.2, 0) is 0 Å². The molecule has 1 heterocycles. The van der Waals surface area contributed by atoms with Gasteiger partial charge in [-0.1, -0.05) is 0 Å². The lowest BCUT2D eigenvalue weighted by Gasteiger charge is -2.21. The van der Waals surface area contributed by atoms with Crippen LogP contribution in [-0.4, -0.2) is 29.9 Å². The number of carbonyl (C=O) groups excluding carboxylic acids is 1. The van der Waals surface area contributed by atoms with E-state index >= 15 is 0 Å². The fourth-order valence-electron chi connectivity index (χ4n) is 1.63. The van der Waals surface area contributed by atoms with Crippen LogP contribution in [0.25, 0.3) is 0 Å². The van der Waals surface area contributed by atoms with Gasteiger partial charge in [0.2, 0.25) is 0 Å². The molecule has 0 spiro atoms. The maximum Gasteiger partial charge on any atom is 0.180 e. The third-order valence-corrected chi connectivity index (χ3v) is 3.45. The van der Waals surface area contributed by atoms with Gasteiger partial charge >= 0.3 is 0 Å². The van der Waals surface area contributed by atoms with Gasteiger partial charge in [-0.3, -0.25) is 4.79 Å². The molecule has 0 aliphatic carbocycles. The molecular weight excluding hydrogens is 232 g/mol. The molecule has 0 saturated carbocycles. The first kappa shape index (κ1) is 11.5. The number of Topliss-reactive ketones (excluding diaryl/α,β-unsaturated/α-hetero) is 1. The molecule has 1 aromatic rings. The number of thioether (sulfide) groups is 1. The highest BCUT2D eigenvalue weighted by molar-refractivity contribution is 7.99. The fraction of sp³-hybridized carbons (Fsp3) is 0.364. The number of rotatable bonds is 2. The normalized spacial score (nSPS) is 20.8. The Morgan fingerprint density at radius 2 is 2.00 bits per heavy atom. The average molecular weight is 243 g/mol. The molecule has 1 aliphatic rings. The van der Waals surface area contributed by atoms with Gasteiger partial charge in [-0.05, 0) is 12.1 Å². The average Bonchev–Trinajstić information content (AvgIpc) is 2.28. The van der Waals surface area contributed by atoms with Crippen molar-refractivity contribution < 1.29 is 13.6 Å². The van der Waals surface area contributed by atoms with Crippen molar-refractivity contribution >= 4 is 17.5 Å². The molecule has 2 nitrogen and oxygen atoms in total. The van der Waals surface area contributed by atoms with E-state index in [2.05, 4.69) is 5.32 Å². The molecule has 1 aromatic carbocycles. The molecule has 1 atom stereocenters. The standard InChI is InChI=1S/C11H11F2NOS/c12-8-3-7(4-9(13)5-8)11(15)10-6-16-2-1-14-10/h3-5,10,14H,1-2,6H2. The third kappa shape index (κ3) is 2.59. The Morgan fingerprint density at radius 3 is 2.56 bits per heavy atom. The summed E-state index contributed by atoms with van der Waals surface area (Å²) in [6.07, 6.45) is 0. The van der Waals surface area contributed by atoms with Gasteiger partial charge in [0.1, 0.15) is 11.6 Å². The maximum atomic E-state index is 12.9. The molecular formula is C11H11F2NOS. The highest BCUT2D eigenvalue weighted by Gasteiger charge is 2.22. The molecule has 0 bridgehead atoms. The number of nitrogens with one attached hydrogen (secondary N) is 1. The van der Waals surface area contributed by atoms with Gasteiger partial charge in [0.15, 0.2) is 5.78 Å². The van der Waals surface area contributed by atoms with Crippen LogP contribution in [0.15, 0.2) is 18.2 Å². The quantitative estimate of drug-likeness (QED) is 0.804. The number of hydrogen-bond acceptors (Lipinski definition) is 3. The van der Waals surface area contributed by atoms with Gasteiger partial charge < -0.3 is 5.32 Å². The van der Waals surface area contributed by atoms with Crippen molar-refractivity contribution in [3.63, 3.8) is 0 Å².